The molecular weight excluding hydrogens is 322 g/mol. The number of carboxylic acid groups (broad SMARTS) is 1. The van der Waals surface area contributed by atoms with E-state index in [1.54, 1.807) is 7.11 Å². The van der Waals surface area contributed by atoms with E-state index < -0.39 is 24.2 Å². The highest BCUT2D eigenvalue weighted by molar-refractivity contribution is 5.75. The zero-order chi connectivity index (χ0) is 17.8. The molecule has 3 atom stereocenters. The molecule has 132 valence electrons. The van der Waals surface area contributed by atoms with Crippen LogP contribution < -0.4 is 10.1 Å². The summed E-state index contributed by atoms with van der Waals surface area (Å²) in [6.07, 6.45) is -1.58. The maximum atomic E-state index is 11.0. The van der Waals surface area contributed by atoms with Crippen LogP contribution in [0.15, 0.2) is 48.5 Å². The molecule has 1 saturated heterocycles. The fraction of sp³-hybridized carbons (Fsp3) is 0.316. The molecular formula is C19H21NO5. The first-order valence-electron chi connectivity index (χ1n) is 8.08. The molecule has 0 saturated carbocycles. The number of aliphatic carboxylic acids is 1. The molecule has 0 amide bonds. The molecule has 0 spiro atoms. The lowest BCUT2D eigenvalue weighted by atomic mass is 10.0. The Balaban J connectivity index is 1.63. The van der Waals surface area contributed by atoms with Gasteiger partial charge in [-0.15, -0.1) is 0 Å². The lowest BCUT2D eigenvalue weighted by Crippen LogP contribution is -2.40. The van der Waals surface area contributed by atoms with Gasteiger partial charge in [0.25, 0.3) is 0 Å². The van der Waals surface area contributed by atoms with Crippen molar-refractivity contribution in [1.82, 2.24) is 5.32 Å². The average molecular weight is 343 g/mol. The number of hydrogen-bond acceptors (Lipinski definition) is 5. The van der Waals surface area contributed by atoms with Gasteiger partial charge in [-0.25, -0.2) is 0 Å². The zero-order valence-electron chi connectivity index (χ0n) is 13.9. The third-order valence-electron chi connectivity index (χ3n) is 4.36. The minimum absolute atomic E-state index is 0.307. The van der Waals surface area contributed by atoms with Crippen molar-refractivity contribution in [2.45, 2.75) is 24.9 Å². The number of rotatable bonds is 6. The average Bonchev–Trinajstić information content (AvgIpc) is 3.01. The van der Waals surface area contributed by atoms with Crippen LogP contribution in [0.3, 0.4) is 0 Å². The van der Waals surface area contributed by atoms with Crippen LogP contribution in [-0.2, 0) is 16.1 Å². The van der Waals surface area contributed by atoms with Crippen LogP contribution in [0.5, 0.6) is 5.75 Å². The van der Waals surface area contributed by atoms with E-state index in [0.717, 1.165) is 22.4 Å². The Bertz CT molecular complexity index is 731. The largest absolute Gasteiger partial charge is 0.496 e. The number of hydrogen-bond donors (Lipinski definition) is 3. The van der Waals surface area contributed by atoms with Crippen LogP contribution >= 0.6 is 0 Å². The highest BCUT2D eigenvalue weighted by atomic mass is 16.5. The van der Waals surface area contributed by atoms with Crippen molar-refractivity contribution in [1.29, 1.82) is 0 Å². The quantitative estimate of drug-likeness (QED) is 0.739. The van der Waals surface area contributed by atoms with E-state index in [0.29, 0.717) is 13.2 Å². The van der Waals surface area contributed by atoms with Crippen molar-refractivity contribution < 1.29 is 24.5 Å². The van der Waals surface area contributed by atoms with Crippen molar-refractivity contribution in [3.8, 4) is 16.9 Å². The fourth-order valence-electron chi connectivity index (χ4n) is 2.96. The molecule has 0 aliphatic carbocycles. The van der Waals surface area contributed by atoms with Crippen LogP contribution in [0, 0.1) is 0 Å². The van der Waals surface area contributed by atoms with E-state index in [-0.39, 0.29) is 0 Å². The summed E-state index contributed by atoms with van der Waals surface area (Å²) in [6.45, 7) is 0.624. The number of para-hydroxylation sites is 1. The predicted octanol–water partition coefficient (Wildman–Crippen LogP) is 1.66. The van der Waals surface area contributed by atoms with Gasteiger partial charge >= 0.3 is 5.97 Å². The van der Waals surface area contributed by atoms with Crippen molar-refractivity contribution in [2.24, 2.45) is 0 Å². The lowest BCUT2D eigenvalue weighted by Gasteiger charge is -2.17. The zero-order valence-corrected chi connectivity index (χ0v) is 13.9. The van der Waals surface area contributed by atoms with Crippen molar-refractivity contribution in [2.75, 3.05) is 13.7 Å². The van der Waals surface area contributed by atoms with E-state index in [4.69, 9.17) is 14.6 Å². The molecule has 0 bridgehead atoms. The summed E-state index contributed by atoms with van der Waals surface area (Å²) in [7, 11) is 1.65. The molecule has 0 unspecified atom stereocenters. The molecule has 0 radical (unpaired) electrons. The summed E-state index contributed by atoms with van der Waals surface area (Å²) in [5, 5.41) is 21.7. The molecule has 1 aliphatic heterocycles. The molecule has 2 aromatic rings. The van der Waals surface area contributed by atoms with Crippen molar-refractivity contribution in [3.05, 3.63) is 54.1 Å². The molecule has 1 heterocycles. The highest BCUT2D eigenvalue weighted by Gasteiger charge is 2.39. The van der Waals surface area contributed by atoms with Gasteiger partial charge in [-0.2, -0.15) is 0 Å². The third kappa shape index (κ3) is 3.82. The fourth-order valence-corrected chi connectivity index (χ4v) is 2.96. The SMILES string of the molecule is COc1ccccc1-c1ccc(CO[C@H]2CN[C@@H](C(=O)O)[C@@H]2O)cc1. The summed E-state index contributed by atoms with van der Waals surface area (Å²) >= 11 is 0. The second-order valence-electron chi connectivity index (χ2n) is 5.96. The third-order valence-corrected chi connectivity index (χ3v) is 4.36. The minimum Gasteiger partial charge on any atom is -0.496 e. The number of carboxylic acids is 1. The Hall–Kier alpha value is -2.41. The lowest BCUT2D eigenvalue weighted by molar-refractivity contribution is -0.142. The van der Waals surface area contributed by atoms with Gasteiger partial charge in [0.05, 0.1) is 19.8 Å². The van der Waals surface area contributed by atoms with Gasteiger partial charge in [-0.3, -0.25) is 10.1 Å². The van der Waals surface area contributed by atoms with Crippen LogP contribution in [0.4, 0.5) is 0 Å². The molecule has 2 aromatic carbocycles. The van der Waals surface area contributed by atoms with Gasteiger partial charge in [0.2, 0.25) is 0 Å². The Kier molecular flexibility index (Phi) is 5.33. The van der Waals surface area contributed by atoms with Gasteiger partial charge in [-0.05, 0) is 17.2 Å². The Morgan fingerprint density at radius 2 is 1.92 bits per heavy atom. The van der Waals surface area contributed by atoms with Gasteiger partial charge in [0, 0.05) is 12.1 Å². The number of aliphatic hydroxyl groups excluding tert-OH is 1. The maximum absolute atomic E-state index is 11.0. The smallest absolute Gasteiger partial charge is 0.323 e. The van der Waals surface area contributed by atoms with Crippen molar-refractivity contribution >= 4 is 5.97 Å². The van der Waals surface area contributed by atoms with E-state index in [2.05, 4.69) is 5.32 Å². The monoisotopic (exact) mass is 343 g/mol. The first kappa shape index (κ1) is 17.4. The van der Waals surface area contributed by atoms with E-state index in [1.807, 2.05) is 48.5 Å². The second-order valence-corrected chi connectivity index (χ2v) is 5.96. The minimum atomic E-state index is -1.07. The predicted molar refractivity (Wildman–Crippen MR) is 92.4 cm³/mol. The van der Waals surface area contributed by atoms with Gasteiger partial charge in [0.15, 0.2) is 0 Å². The highest BCUT2D eigenvalue weighted by Crippen LogP contribution is 2.29. The number of benzene rings is 2. The summed E-state index contributed by atoms with van der Waals surface area (Å²) in [5.74, 6) is -0.258. The number of nitrogens with one attached hydrogen (secondary N) is 1. The molecule has 6 heteroatoms. The number of aliphatic hydroxyl groups is 1. The molecule has 25 heavy (non-hydrogen) atoms. The van der Waals surface area contributed by atoms with Crippen LogP contribution in [0.1, 0.15) is 5.56 Å². The second kappa shape index (κ2) is 7.65. The first-order valence-corrected chi connectivity index (χ1v) is 8.08. The summed E-state index contributed by atoms with van der Waals surface area (Å²) in [5.41, 5.74) is 3.00. The number of carbonyl (C=O) groups is 1. The number of methoxy groups -OCH3 is 1. The summed E-state index contributed by atoms with van der Waals surface area (Å²) in [6, 6.07) is 14.7. The summed E-state index contributed by atoms with van der Waals surface area (Å²) in [4.78, 5) is 11.0. The maximum Gasteiger partial charge on any atom is 0.323 e. The molecule has 1 aliphatic rings. The van der Waals surface area contributed by atoms with E-state index >= 15 is 0 Å². The van der Waals surface area contributed by atoms with Gasteiger partial charge < -0.3 is 19.7 Å². The van der Waals surface area contributed by atoms with Crippen LogP contribution in [0.2, 0.25) is 0 Å². The van der Waals surface area contributed by atoms with Crippen LogP contribution in [-0.4, -0.2) is 48.1 Å². The Labute approximate surface area is 146 Å². The number of ether oxygens (including phenoxy) is 2. The topological polar surface area (TPSA) is 88.0 Å². The molecule has 3 N–H and O–H groups in total. The molecule has 3 rings (SSSR count). The summed E-state index contributed by atoms with van der Waals surface area (Å²) < 4.78 is 11.1. The van der Waals surface area contributed by atoms with Gasteiger partial charge in [0.1, 0.15) is 17.9 Å². The molecule has 6 nitrogen and oxygen atoms in total. The van der Waals surface area contributed by atoms with E-state index in [9.17, 15) is 9.90 Å². The molecule has 1 fully saturated rings. The van der Waals surface area contributed by atoms with Crippen molar-refractivity contribution in [3.63, 3.8) is 0 Å². The molecule has 0 aromatic heterocycles. The van der Waals surface area contributed by atoms with Crippen LogP contribution in [0.25, 0.3) is 11.1 Å². The normalized spacial score (nSPS) is 22.7. The standard InChI is InChI=1S/C19H21NO5/c1-24-15-5-3-2-4-14(15)13-8-6-12(7-9-13)11-25-16-10-20-17(18(16)21)19(22)23/h2-9,16-18,20-21H,10-11H2,1H3,(H,22,23)/t16-,17+,18+/m0/s1. The Morgan fingerprint density at radius 1 is 1.20 bits per heavy atom. The van der Waals surface area contributed by atoms with E-state index in [1.165, 1.54) is 0 Å². The Morgan fingerprint density at radius 3 is 2.56 bits per heavy atom. The first-order chi connectivity index (χ1) is 12.1. The van der Waals surface area contributed by atoms with Gasteiger partial charge in [-0.1, -0.05) is 42.5 Å².